The molecule has 100 valence electrons. The number of rotatable bonds is 3. The Kier molecular flexibility index (Phi) is 4.10. The van der Waals surface area contributed by atoms with Crippen molar-refractivity contribution >= 4 is 27.5 Å². The van der Waals surface area contributed by atoms with Crippen molar-refractivity contribution < 1.29 is 4.79 Å². The Bertz CT molecular complexity index is 602. The van der Waals surface area contributed by atoms with E-state index in [1.807, 2.05) is 48.0 Å². The number of nitrogens with zero attached hydrogens (tertiary/aromatic N) is 1. The van der Waals surface area contributed by atoms with E-state index in [4.69, 9.17) is 0 Å². The van der Waals surface area contributed by atoms with E-state index in [9.17, 15) is 4.79 Å². The second-order valence-electron chi connectivity index (χ2n) is 4.81. The number of nitrogens with one attached hydrogen (secondary N) is 1. The molecule has 0 saturated heterocycles. The summed E-state index contributed by atoms with van der Waals surface area (Å²) in [7, 11) is 0. The van der Waals surface area contributed by atoms with Crippen LogP contribution in [-0.4, -0.2) is 10.5 Å². The average molecular weight is 321 g/mol. The van der Waals surface area contributed by atoms with Crippen molar-refractivity contribution in [3.05, 3.63) is 52.3 Å². The van der Waals surface area contributed by atoms with Crippen molar-refractivity contribution in [2.24, 2.45) is 0 Å². The smallest absolute Gasteiger partial charge is 0.272 e. The van der Waals surface area contributed by atoms with E-state index >= 15 is 0 Å². The molecule has 0 aliphatic rings. The number of hydrogen-bond donors (Lipinski definition) is 1. The minimum Gasteiger partial charge on any atom is -0.341 e. The lowest BCUT2D eigenvalue weighted by atomic mass is 10.2. The van der Waals surface area contributed by atoms with Crippen LogP contribution in [0.15, 0.2) is 41.0 Å². The molecule has 3 nitrogen and oxygen atoms in total. The molecule has 0 radical (unpaired) electrons. The number of amides is 1. The number of hydrogen-bond acceptors (Lipinski definition) is 1. The van der Waals surface area contributed by atoms with E-state index in [2.05, 4.69) is 35.1 Å². The first-order chi connectivity index (χ1) is 8.99. The first-order valence-electron chi connectivity index (χ1n) is 6.23. The monoisotopic (exact) mass is 320 g/mol. The van der Waals surface area contributed by atoms with E-state index < -0.39 is 0 Å². The van der Waals surface area contributed by atoms with Gasteiger partial charge in [0.15, 0.2) is 0 Å². The molecule has 1 heterocycles. The Morgan fingerprint density at radius 2 is 2.05 bits per heavy atom. The third-order valence-electron chi connectivity index (χ3n) is 2.98. The summed E-state index contributed by atoms with van der Waals surface area (Å²) in [6, 6.07) is 9.76. The molecule has 1 amide bonds. The van der Waals surface area contributed by atoms with Crippen LogP contribution < -0.4 is 5.32 Å². The molecule has 0 bridgehead atoms. The SMILES string of the molecule is Cc1cc(NC(=O)c2cccn2C(C)C)ccc1Br. The Morgan fingerprint density at radius 3 is 2.68 bits per heavy atom. The van der Waals surface area contributed by atoms with Gasteiger partial charge in [-0.05, 0) is 56.7 Å². The van der Waals surface area contributed by atoms with Gasteiger partial charge in [0.2, 0.25) is 0 Å². The molecule has 0 unspecified atom stereocenters. The maximum absolute atomic E-state index is 12.3. The van der Waals surface area contributed by atoms with E-state index in [0.717, 1.165) is 15.7 Å². The summed E-state index contributed by atoms with van der Waals surface area (Å²) in [5.41, 5.74) is 2.58. The van der Waals surface area contributed by atoms with E-state index in [1.54, 1.807) is 0 Å². The van der Waals surface area contributed by atoms with Crippen LogP contribution in [0.3, 0.4) is 0 Å². The van der Waals surface area contributed by atoms with Gasteiger partial charge in [0, 0.05) is 22.4 Å². The van der Waals surface area contributed by atoms with Gasteiger partial charge >= 0.3 is 0 Å². The van der Waals surface area contributed by atoms with Gasteiger partial charge in [-0.25, -0.2) is 0 Å². The number of carbonyl (C=O) groups is 1. The molecule has 2 rings (SSSR count). The molecule has 19 heavy (non-hydrogen) atoms. The summed E-state index contributed by atoms with van der Waals surface area (Å²) in [6.45, 7) is 6.11. The molecule has 0 saturated carbocycles. The van der Waals surface area contributed by atoms with E-state index in [1.165, 1.54) is 0 Å². The van der Waals surface area contributed by atoms with Crippen LogP contribution in [0.4, 0.5) is 5.69 Å². The topological polar surface area (TPSA) is 34.0 Å². The number of anilines is 1. The summed E-state index contributed by atoms with van der Waals surface area (Å²) < 4.78 is 3.00. The third-order valence-corrected chi connectivity index (χ3v) is 3.87. The standard InChI is InChI=1S/C15H17BrN2O/c1-10(2)18-8-4-5-14(18)15(19)17-12-6-7-13(16)11(3)9-12/h4-10H,1-3H3,(H,17,19). The highest BCUT2D eigenvalue weighted by molar-refractivity contribution is 9.10. The zero-order valence-corrected chi connectivity index (χ0v) is 12.9. The quantitative estimate of drug-likeness (QED) is 0.894. The lowest BCUT2D eigenvalue weighted by molar-refractivity contribution is 0.101. The lowest BCUT2D eigenvalue weighted by Gasteiger charge is -2.13. The zero-order chi connectivity index (χ0) is 14.0. The second kappa shape index (κ2) is 5.61. The molecule has 0 spiro atoms. The predicted molar refractivity (Wildman–Crippen MR) is 81.6 cm³/mol. The first-order valence-corrected chi connectivity index (χ1v) is 7.02. The van der Waals surface area contributed by atoms with E-state index in [0.29, 0.717) is 5.69 Å². The molecule has 4 heteroatoms. The summed E-state index contributed by atoms with van der Waals surface area (Å²) in [4.78, 5) is 12.3. The Labute approximate surface area is 121 Å². The molecule has 0 fully saturated rings. The zero-order valence-electron chi connectivity index (χ0n) is 11.3. The Balaban J connectivity index is 2.21. The van der Waals surface area contributed by atoms with Crippen molar-refractivity contribution in [1.29, 1.82) is 0 Å². The van der Waals surface area contributed by atoms with Crippen LogP contribution in [0.1, 0.15) is 35.9 Å². The van der Waals surface area contributed by atoms with Gasteiger partial charge in [0.25, 0.3) is 5.91 Å². The highest BCUT2D eigenvalue weighted by atomic mass is 79.9. The maximum atomic E-state index is 12.3. The van der Waals surface area contributed by atoms with Gasteiger partial charge in [0.1, 0.15) is 5.69 Å². The maximum Gasteiger partial charge on any atom is 0.272 e. The van der Waals surface area contributed by atoms with Gasteiger partial charge in [-0.3, -0.25) is 4.79 Å². The number of halogens is 1. The Morgan fingerprint density at radius 1 is 1.32 bits per heavy atom. The van der Waals surface area contributed by atoms with Crippen molar-refractivity contribution in [2.45, 2.75) is 26.8 Å². The largest absolute Gasteiger partial charge is 0.341 e. The molecule has 0 aliphatic heterocycles. The average Bonchev–Trinajstić information content (AvgIpc) is 2.83. The minimum atomic E-state index is -0.0829. The summed E-state index contributed by atoms with van der Waals surface area (Å²) >= 11 is 3.45. The van der Waals surface area contributed by atoms with Gasteiger partial charge < -0.3 is 9.88 Å². The van der Waals surface area contributed by atoms with Crippen molar-refractivity contribution in [3.63, 3.8) is 0 Å². The van der Waals surface area contributed by atoms with Crippen LogP contribution in [-0.2, 0) is 0 Å². The molecular weight excluding hydrogens is 304 g/mol. The number of carbonyl (C=O) groups excluding carboxylic acids is 1. The van der Waals surface area contributed by atoms with Crippen LogP contribution in [0.25, 0.3) is 0 Å². The second-order valence-corrected chi connectivity index (χ2v) is 5.67. The molecule has 0 aliphatic carbocycles. The molecule has 2 aromatic rings. The van der Waals surface area contributed by atoms with Crippen molar-refractivity contribution in [3.8, 4) is 0 Å². The van der Waals surface area contributed by atoms with Gasteiger partial charge in [-0.1, -0.05) is 15.9 Å². The fourth-order valence-electron chi connectivity index (χ4n) is 1.95. The van der Waals surface area contributed by atoms with Crippen molar-refractivity contribution in [2.75, 3.05) is 5.32 Å². The molecule has 1 aromatic heterocycles. The lowest BCUT2D eigenvalue weighted by Crippen LogP contribution is -2.17. The van der Waals surface area contributed by atoms with E-state index in [-0.39, 0.29) is 11.9 Å². The highest BCUT2D eigenvalue weighted by Gasteiger charge is 2.12. The minimum absolute atomic E-state index is 0.0829. The van der Waals surface area contributed by atoms with Crippen molar-refractivity contribution in [1.82, 2.24) is 4.57 Å². The Hall–Kier alpha value is -1.55. The molecule has 0 atom stereocenters. The highest BCUT2D eigenvalue weighted by Crippen LogP contribution is 2.21. The van der Waals surface area contributed by atoms with Crippen LogP contribution in [0.5, 0.6) is 0 Å². The van der Waals surface area contributed by atoms with Gasteiger partial charge in [-0.2, -0.15) is 0 Å². The summed E-state index contributed by atoms with van der Waals surface area (Å²) in [5.74, 6) is -0.0829. The summed E-state index contributed by atoms with van der Waals surface area (Å²) in [6.07, 6.45) is 1.92. The third kappa shape index (κ3) is 3.07. The number of aromatic nitrogens is 1. The van der Waals surface area contributed by atoms with Gasteiger partial charge in [0.05, 0.1) is 0 Å². The van der Waals surface area contributed by atoms with Crippen LogP contribution in [0.2, 0.25) is 0 Å². The fourth-order valence-corrected chi connectivity index (χ4v) is 2.20. The fraction of sp³-hybridized carbons (Fsp3) is 0.267. The normalized spacial score (nSPS) is 10.8. The first kappa shape index (κ1) is 13.9. The van der Waals surface area contributed by atoms with Gasteiger partial charge in [-0.15, -0.1) is 0 Å². The molecular formula is C15H17BrN2O. The number of benzene rings is 1. The molecule has 1 aromatic carbocycles. The molecule has 1 N–H and O–H groups in total. The van der Waals surface area contributed by atoms with Crippen LogP contribution >= 0.6 is 15.9 Å². The summed E-state index contributed by atoms with van der Waals surface area (Å²) in [5, 5.41) is 2.93. The number of aryl methyl sites for hydroxylation is 1. The predicted octanol–water partition coefficient (Wildman–Crippen LogP) is 4.39. The van der Waals surface area contributed by atoms with Crippen LogP contribution in [0, 0.1) is 6.92 Å².